The summed E-state index contributed by atoms with van der Waals surface area (Å²) < 4.78 is 10.7. The van der Waals surface area contributed by atoms with Crippen LogP contribution >= 0.6 is 24.8 Å². The molecule has 132 valence electrons. The van der Waals surface area contributed by atoms with Crippen molar-refractivity contribution in [3.05, 3.63) is 0 Å². The van der Waals surface area contributed by atoms with Crippen LogP contribution < -0.4 is 11.1 Å². The average molecular weight is 358 g/mol. The maximum atomic E-state index is 12.4. The Balaban J connectivity index is 0.00000220. The van der Waals surface area contributed by atoms with E-state index in [4.69, 9.17) is 15.2 Å². The summed E-state index contributed by atoms with van der Waals surface area (Å²) in [5, 5.41) is 3.08. The molecule has 2 rings (SSSR count). The first-order chi connectivity index (χ1) is 9.68. The standard InChI is InChI=1S/C14H27N3O3.2ClH/c1-12(17-4-8-20-9-5-17)10-16-13(18)14(11-15)2-6-19-7-3-14;;/h12H,2-11,15H2,1H3,(H,16,18);2*1H. The van der Waals surface area contributed by atoms with Crippen molar-refractivity contribution in [1.82, 2.24) is 10.2 Å². The van der Waals surface area contributed by atoms with Gasteiger partial charge in [0.1, 0.15) is 0 Å². The minimum Gasteiger partial charge on any atom is -0.381 e. The third kappa shape index (κ3) is 5.51. The van der Waals surface area contributed by atoms with Crippen molar-refractivity contribution in [2.75, 3.05) is 52.6 Å². The molecule has 0 aromatic heterocycles. The van der Waals surface area contributed by atoms with E-state index in [-0.39, 0.29) is 30.7 Å². The molecule has 0 saturated carbocycles. The highest BCUT2D eigenvalue weighted by molar-refractivity contribution is 5.85. The monoisotopic (exact) mass is 357 g/mol. The second-order valence-electron chi connectivity index (χ2n) is 5.80. The third-order valence-corrected chi connectivity index (χ3v) is 4.55. The summed E-state index contributed by atoms with van der Waals surface area (Å²) in [5.41, 5.74) is 5.42. The molecule has 0 aliphatic carbocycles. The first-order valence-corrected chi connectivity index (χ1v) is 7.56. The zero-order valence-electron chi connectivity index (χ0n) is 13.2. The van der Waals surface area contributed by atoms with E-state index in [1.807, 2.05) is 0 Å². The molecule has 6 nitrogen and oxygen atoms in total. The van der Waals surface area contributed by atoms with Crippen molar-refractivity contribution >= 4 is 30.7 Å². The number of nitrogens with one attached hydrogen (secondary N) is 1. The van der Waals surface area contributed by atoms with E-state index in [0.717, 1.165) is 39.1 Å². The first kappa shape index (κ1) is 21.9. The maximum Gasteiger partial charge on any atom is 0.227 e. The van der Waals surface area contributed by atoms with E-state index in [9.17, 15) is 4.79 Å². The number of ether oxygens (including phenoxy) is 2. The maximum absolute atomic E-state index is 12.4. The molecule has 1 atom stereocenters. The zero-order chi connectivity index (χ0) is 14.4. The van der Waals surface area contributed by atoms with Crippen molar-refractivity contribution in [3.8, 4) is 0 Å². The first-order valence-electron chi connectivity index (χ1n) is 7.56. The fourth-order valence-corrected chi connectivity index (χ4v) is 2.86. The number of nitrogens with two attached hydrogens (primary N) is 1. The summed E-state index contributed by atoms with van der Waals surface area (Å²) in [7, 11) is 0. The van der Waals surface area contributed by atoms with Crippen LogP contribution in [-0.2, 0) is 14.3 Å². The zero-order valence-corrected chi connectivity index (χ0v) is 14.8. The summed E-state index contributed by atoms with van der Waals surface area (Å²) in [6, 6.07) is 0.331. The van der Waals surface area contributed by atoms with Crippen LogP contribution in [0.1, 0.15) is 19.8 Å². The van der Waals surface area contributed by atoms with Crippen LogP contribution in [0, 0.1) is 5.41 Å². The van der Waals surface area contributed by atoms with Crippen LogP contribution in [-0.4, -0.2) is 69.5 Å². The molecule has 0 aromatic carbocycles. The molecule has 0 radical (unpaired) electrons. The Labute approximate surface area is 145 Å². The van der Waals surface area contributed by atoms with Crippen molar-refractivity contribution < 1.29 is 14.3 Å². The van der Waals surface area contributed by atoms with Gasteiger partial charge in [-0.1, -0.05) is 0 Å². The Hall–Kier alpha value is -0.110. The molecule has 3 N–H and O–H groups in total. The lowest BCUT2D eigenvalue weighted by Gasteiger charge is -2.36. The number of amides is 1. The molecule has 0 aromatic rings. The van der Waals surface area contributed by atoms with Gasteiger partial charge in [-0.15, -0.1) is 24.8 Å². The van der Waals surface area contributed by atoms with E-state index in [1.165, 1.54) is 0 Å². The van der Waals surface area contributed by atoms with Crippen LogP contribution in [0.4, 0.5) is 0 Å². The summed E-state index contributed by atoms with van der Waals surface area (Å²) in [5.74, 6) is 0.0865. The molecule has 2 fully saturated rings. The summed E-state index contributed by atoms with van der Waals surface area (Å²) in [6.07, 6.45) is 1.45. The molecule has 2 aliphatic heterocycles. The smallest absolute Gasteiger partial charge is 0.227 e. The molecular formula is C14H29Cl2N3O3. The molecule has 2 saturated heterocycles. The number of hydrogen-bond donors (Lipinski definition) is 2. The predicted molar refractivity (Wildman–Crippen MR) is 90.9 cm³/mol. The molecule has 1 unspecified atom stereocenters. The molecule has 0 spiro atoms. The number of carbonyl (C=O) groups is 1. The lowest BCUT2D eigenvalue weighted by atomic mass is 9.79. The van der Waals surface area contributed by atoms with Gasteiger partial charge in [-0.05, 0) is 19.8 Å². The third-order valence-electron chi connectivity index (χ3n) is 4.55. The van der Waals surface area contributed by atoms with Crippen LogP contribution in [0.5, 0.6) is 0 Å². The number of hydrogen-bond acceptors (Lipinski definition) is 5. The summed E-state index contributed by atoms with van der Waals surface area (Å²) in [4.78, 5) is 14.8. The molecule has 1 amide bonds. The van der Waals surface area contributed by atoms with Crippen LogP contribution in [0.2, 0.25) is 0 Å². The normalized spacial score (nSPS) is 22.8. The highest BCUT2D eigenvalue weighted by Gasteiger charge is 2.38. The van der Waals surface area contributed by atoms with E-state index >= 15 is 0 Å². The second kappa shape index (κ2) is 10.6. The highest BCUT2D eigenvalue weighted by Crippen LogP contribution is 2.29. The van der Waals surface area contributed by atoms with Gasteiger partial charge in [0.2, 0.25) is 5.91 Å². The van der Waals surface area contributed by atoms with E-state index < -0.39 is 5.41 Å². The van der Waals surface area contributed by atoms with Gasteiger partial charge in [-0.25, -0.2) is 0 Å². The minimum atomic E-state index is -0.428. The van der Waals surface area contributed by atoms with Crippen LogP contribution in [0.3, 0.4) is 0 Å². The van der Waals surface area contributed by atoms with Crippen LogP contribution in [0.25, 0.3) is 0 Å². The quantitative estimate of drug-likeness (QED) is 0.745. The van der Waals surface area contributed by atoms with Crippen molar-refractivity contribution in [1.29, 1.82) is 0 Å². The van der Waals surface area contributed by atoms with Gasteiger partial charge in [-0.2, -0.15) is 0 Å². The van der Waals surface area contributed by atoms with Crippen LogP contribution in [0.15, 0.2) is 0 Å². The highest BCUT2D eigenvalue weighted by atomic mass is 35.5. The molecule has 2 aliphatic rings. The Kier molecular flexibility index (Phi) is 10.6. The molecule has 2 heterocycles. The van der Waals surface area contributed by atoms with Crippen molar-refractivity contribution in [2.24, 2.45) is 11.1 Å². The van der Waals surface area contributed by atoms with Gasteiger partial charge in [0, 0.05) is 45.4 Å². The fourth-order valence-electron chi connectivity index (χ4n) is 2.86. The molecular weight excluding hydrogens is 329 g/mol. The Morgan fingerprint density at radius 2 is 1.73 bits per heavy atom. The van der Waals surface area contributed by atoms with Gasteiger partial charge >= 0.3 is 0 Å². The lowest BCUT2D eigenvalue weighted by molar-refractivity contribution is -0.136. The van der Waals surface area contributed by atoms with E-state index in [2.05, 4.69) is 17.1 Å². The van der Waals surface area contributed by atoms with Gasteiger partial charge in [-0.3, -0.25) is 9.69 Å². The van der Waals surface area contributed by atoms with Gasteiger partial charge in [0.25, 0.3) is 0 Å². The number of rotatable bonds is 5. The predicted octanol–water partition coefficient (Wildman–Crippen LogP) is 0.422. The summed E-state index contributed by atoms with van der Waals surface area (Å²) in [6.45, 7) is 7.90. The average Bonchev–Trinajstić information content (AvgIpc) is 2.53. The largest absolute Gasteiger partial charge is 0.381 e. The SMILES string of the molecule is CC(CNC(=O)C1(CN)CCOCC1)N1CCOCC1.Cl.Cl. The Bertz CT molecular complexity index is 322. The minimum absolute atomic E-state index is 0. The van der Waals surface area contributed by atoms with Crippen molar-refractivity contribution in [2.45, 2.75) is 25.8 Å². The molecule has 0 bridgehead atoms. The van der Waals surface area contributed by atoms with E-state index in [0.29, 0.717) is 32.3 Å². The Morgan fingerprint density at radius 3 is 2.27 bits per heavy atom. The number of halogens is 2. The number of nitrogens with zero attached hydrogens (tertiary/aromatic N) is 1. The van der Waals surface area contributed by atoms with Gasteiger partial charge < -0.3 is 20.5 Å². The van der Waals surface area contributed by atoms with E-state index in [1.54, 1.807) is 0 Å². The lowest BCUT2D eigenvalue weighted by Crippen LogP contribution is -2.53. The Morgan fingerprint density at radius 1 is 1.18 bits per heavy atom. The number of carbonyl (C=O) groups excluding carboxylic acids is 1. The topological polar surface area (TPSA) is 76.8 Å². The molecule has 22 heavy (non-hydrogen) atoms. The van der Waals surface area contributed by atoms with Gasteiger partial charge in [0.15, 0.2) is 0 Å². The summed E-state index contributed by atoms with van der Waals surface area (Å²) >= 11 is 0. The van der Waals surface area contributed by atoms with Gasteiger partial charge in [0.05, 0.1) is 18.6 Å². The fraction of sp³-hybridized carbons (Fsp3) is 0.929. The molecule has 8 heteroatoms. The second-order valence-corrected chi connectivity index (χ2v) is 5.80. The number of morpholine rings is 1. The van der Waals surface area contributed by atoms with Crippen molar-refractivity contribution in [3.63, 3.8) is 0 Å².